The number of aliphatic imine (C=N–C) groups is 1. The maximum Gasteiger partial charge on any atom is 0.229 e. The standard InChI is InChI=1S/C10H10ClN3O/c11-7-4-2-1-3-6(7)8-5-9(15)14-10(12)13-8/h1-4,8H,5H2,(H3,12,13,14,15). The lowest BCUT2D eigenvalue weighted by Crippen LogP contribution is -2.41. The van der Waals surface area contributed by atoms with Crippen molar-refractivity contribution in [2.75, 3.05) is 0 Å². The number of carbonyl (C=O) groups excluding carboxylic acids is 1. The first-order valence-corrected chi connectivity index (χ1v) is 4.92. The quantitative estimate of drug-likeness (QED) is 0.752. The van der Waals surface area contributed by atoms with E-state index >= 15 is 0 Å². The van der Waals surface area contributed by atoms with Crippen molar-refractivity contribution in [3.63, 3.8) is 0 Å². The summed E-state index contributed by atoms with van der Waals surface area (Å²) in [5.41, 5.74) is 6.31. The fourth-order valence-electron chi connectivity index (χ4n) is 1.54. The molecule has 5 heteroatoms. The molecule has 1 amide bonds. The molecule has 1 aromatic rings. The van der Waals surface area contributed by atoms with Crippen LogP contribution in [0.15, 0.2) is 29.3 Å². The van der Waals surface area contributed by atoms with E-state index in [0.717, 1.165) is 5.56 Å². The van der Waals surface area contributed by atoms with E-state index in [-0.39, 0.29) is 24.3 Å². The summed E-state index contributed by atoms with van der Waals surface area (Å²) in [7, 11) is 0. The summed E-state index contributed by atoms with van der Waals surface area (Å²) in [4.78, 5) is 15.4. The number of hydrogen-bond donors (Lipinski definition) is 2. The van der Waals surface area contributed by atoms with Crippen LogP contribution in [0.25, 0.3) is 0 Å². The number of hydrogen-bond acceptors (Lipinski definition) is 3. The zero-order chi connectivity index (χ0) is 10.8. The van der Waals surface area contributed by atoms with Gasteiger partial charge in [0.15, 0.2) is 5.96 Å². The summed E-state index contributed by atoms with van der Waals surface area (Å²) in [5, 5.41) is 3.05. The number of nitrogens with one attached hydrogen (secondary N) is 1. The van der Waals surface area contributed by atoms with Crippen LogP contribution >= 0.6 is 11.6 Å². The summed E-state index contributed by atoms with van der Waals surface area (Å²) in [5.74, 6) is 0.0172. The van der Waals surface area contributed by atoms with E-state index in [1.54, 1.807) is 6.07 Å². The molecule has 2 rings (SSSR count). The lowest BCUT2D eigenvalue weighted by molar-refractivity contribution is -0.120. The highest BCUT2D eigenvalue weighted by atomic mass is 35.5. The highest BCUT2D eigenvalue weighted by Crippen LogP contribution is 2.29. The Morgan fingerprint density at radius 3 is 2.87 bits per heavy atom. The SMILES string of the molecule is NC1=NC(c2ccccc2Cl)CC(=O)N1. The average molecular weight is 224 g/mol. The van der Waals surface area contributed by atoms with Gasteiger partial charge in [-0.2, -0.15) is 0 Å². The molecule has 0 saturated carbocycles. The van der Waals surface area contributed by atoms with Crippen molar-refractivity contribution in [3.05, 3.63) is 34.9 Å². The normalized spacial score (nSPS) is 20.7. The van der Waals surface area contributed by atoms with Gasteiger partial charge in [0.05, 0.1) is 12.5 Å². The van der Waals surface area contributed by atoms with E-state index in [1.165, 1.54) is 0 Å². The van der Waals surface area contributed by atoms with Gasteiger partial charge in [-0.1, -0.05) is 29.8 Å². The average Bonchev–Trinajstić information content (AvgIpc) is 2.16. The van der Waals surface area contributed by atoms with Crippen molar-refractivity contribution in [1.29, 1.82) is 0 Å². The van der Waals surface area contributed by atoms with Gasteiger partial charge >= 0.3 is 0 Å². The molecule has 0 aliphatic carbocycles. The Labute approximate surface area is 92.1 Å². The second kappa shape index (κ2) is 3.90. The molecule has 0 radical (unpaired) electrons. The number of nitrogens with two attached hydrogens (primary N) is 1. The minimum absolute atomic E-state index is 0.132. The third kappa shape index (κ3) is 2.10. The van der Waals surface area contributed by atoms with Gasteiger partial charge in [-0.25, -0.2) is 4.99 Å². The van der Waals surface area contributed by atoms with Gasteiger partial charge in [0.1, 0.15) is 0 Å². The largest absolute Gasteiger partial charge is 0.370 e. The predicted octanol–water partition coefficient (Wildman–Crippen LogP) is 1.22. The first-order chi connectivity index (χ1) is 7.16. The fraction of sp³-hybridized carbons (Fsp3) is 0.200. The zero-order valence-corrected chi connectivity index (χ0v) is 8.66. The smallest absolute Gasteiger partial charge is 0.229 e. The van der Waals surface area contributed by atoms with Crippen LogP contribution < -0.4 is 11.1 Å². The number of amides is 1. The van der Waals surface area contributed by atoms with Gasteiger partial charge in [0, 0.05) is 5.02 Å². The van der Waals surface area contributed by atoms with Crippen molar-refractivity contribution in [3.8, 4) is 0 Å². The molecule has 0 spiro atoms. The molecule has 1 atom stereocenters. The molecule has 1 aliphatic heterocycles. The Bertz CT molecular complexity index is 430. The predicted molar refractivity (Wildman–Crippen MR) is 58.6 cm³/mol. The monoisotopic (exact) mass is 223 g/mol. The number of guanidine groups is 1. The number of halogens is 1. The van der Waals surface area contributed by atoms with Crippen LogP contribution in [0.5, 0.6) is 0 Å². The third-order valence-electron chi connectivity index (χ3n) is 2.21. The summed E-state index contributed by atoms with van der Waals surface area (Å²) in [6.45, 7) is 0. The van der Waals surface area contributed by atoms with Gasteiger partial charge in [-0.15, -0.1) is 0 Å². The van der Waals surface area contributed by atoms with Crippen LogP contribution in [0.3, 0.4) is 0 Å². The zero-order valence-electron chi connectivity index (χ0n) is 7.90. The Hall–Kier alpha value is -1.55. The maximum atomic E-state index is 11.3. The van der Waals surface area contributed by atoms with Gasteiger partial charge in [-0.3, -0.25) is 10.1 Å². The minimum atomic E-state index is -0.271. The Balaban J connectivity index is 2.36. The minimum Gasteiger partial charge on any atom is -0.370 e. The molecule has 1 aliphatic rings. The molecular weight excluding hydrogens is 214 g/mol. The molecule has 1 aromatic carbocycles. The molecule has 0 fully saturated rings. The van der Waals surface area contributed by atoms with Gasteiger partial charge in [0.25, 0.3) is 0 Å². The van der Waals surface area contributed by atoms with Crippen molar-refractivity contribution < 1.29 is 4.79 Å². The topological polar surface area (TPSA) is 67.5 Å². The molecule has 0 aromatic heterocycles. The molecule has 0 bridgehead atoms. The number of nitrogens with zero attached hydrogens (tertiary/aromatic N) is 1. The second-order valence-electron chi connectivity index (χ2n) is 3.30. The molecule has 1 heterocycles. The lowest BCUT2D eigenvalue weighted by atomic mass is 10.0. The maximum absolute atomic E-state index is 11.3. The van der Waals surface area contributed by atoms with E-state index in [9.17, 15) is 4.79 Å². The van der Waals surface area contributed by atoms with E-state index in [4.69, 9.17) is 17.3 Å². The number of rotatable bonds is 1. The third-order valence-corrected chi connectivity index (χ3v) is 2.55. The van der Waals surface area contributed by atoms with Gasteiger partial charge in [-0.05, 0) is 11.6 Å². The summed E-state index contributed by atoms with van der Waals surface area (Å²) >= 11 is 6.01. The molecule has 78 valence electrons. The molecular formula is C10H10ClN3O. The highest BCUT2D eigenvalue weighted by Gasteiger charge is 2.22. The van der Waals surface area contributed by atoms with Crippen LogP contribution in [0.1, 0.15) is 18.0 Å². The highest BCUT2D eigenvalue weighted by molar-refractivity contribution is 6.31. The van der Waals surface area contributed by atoms with Gasteiger partial charge in [0.2, 0.25) is 5.91 Å². The second-order valence-corrected chi connectivity index (χ2v) is 3.71. The molecule has 0 saturated heterocycles. The Morgan fingerprint density at radius 2 is 2.20 bits per heavy atom. The van der Waals surface area contributed by atoms with Crippen LogP contribution in [0, 0.1) is 0 Å². The Morgan fingerprint density at radius 1 is 1.47 bits per heavy atom. The summed E-state index contributed by atoms with van der Waals surface area (Å²) in [6, 6.07) is 7.05. The van der Waals surface area contributed by atoms with Crippen molar-refractivity contribution >= 4 is 23.5 Å². The summed E-state index contributed by atoms with van der Waals surface area (Å²) in [6.07, 6.45) is 0.282. The van der Waals surface area contributed by atoms with Crippen LogP contribution in [0.2, 0.25) is 5.02 Å². The lowest BCUT2D eigenvalue weighted by Gasteiger charge is -2.19. The summed E-state index contributed by atoms with van der Waals surface area (Å²) < 4.78 is 0. The van der Waals surface area contributed by atoms with Crippen LogP contribution in [-0.4, -0.2) is 11.9 Å². The Kier molecular flexibility index (Phi) is 2.60. The molecule has 3 N–H and O–H groups in total. The van der Waals surface area contributed by atoms with Crippen LogP contribution in [0.4, 0.5) is 0 Å². The first kappa shape index (κ1) is 9.98. The number of carbonyl (C=O) groups is 1. The van der Waals surface area contributed by atoms with E-state index in [0.29, 0.717) is 5.02 Å². The first-order valence-electron chi connectivity index (χ1n) is 4.54. The van der Waals surface area contributed by atoms with E-state index < -0.39 is 0 Å². The van der Waals surface area contributed by atoms with Crippen molar-refractivity contribution in [2.24, 2.45) is 10.7 Å². The molecule has 15 heavy (non-hydrogen) atoms. The van der Waals surface area contributed by atoms with Crippen molar-refractivity contribution in [1.82, 2.24) is 5.32 Å². The fourth-order valence-corrected chi connectivity index (χ4v) is 1.80. The van der Waals surface area contributed by atoms with E-state index in [1.807, 2.05) is 18.2 Å². The molecule has 4 nitrogen and oxygen atoms in total. The molecule has 1 unspecified atom stereocenters. The van der Waals surface area contributed by atoms with Crippen molar-refractivity contribution in [2.45, 2.75) is 12.5 Å². The van der Waals surface area contributed by atoms with Gasteiger partial charge < -0.3 is 5.73 Å². The van der Waals surface area contributed by atoms with E-state index in [2.05, 4.69) is 10.3 Å². The number of benzene rings is 1. The van der Waals surface area contributed by atoms with Crippen LogP contribution in [-0.2, 0) is 4.79 Å².